The second kappa shape index (κ2) is 5.29. The number of carbonyl (C=O) groups is 1. The van der Waals surface area contributed by atoms with Crippen molar-refractivity contribution < 1.29 is 13.2 Å². The Morgan fingerprint density at radius 3 is 2.67 bits per heavy atom. The van der Waals surface area contributed by atoms with E-state index in [4.69, 9.17) is 0 Å². The summed E-state index contributed by atoms with van der Waals surface area (Å²) in [4.78, 5) is 16.3. The lowest BCUT2D eigenvalue weighted by Crippen LogP contribution is -2.18. The molecule has 6 heteroatoms. The summed E-state index contributed by atoms with van der Waals surface area (Å²) in [6.07, 6.45) is 4.53. The van der Waals surface area contributed by atoms with Crippen molar-refractivity contribution in [3.05, 3.63) is 53.9 Å². The van der Waals surface area contributed by atoms with Gasteiger partial charge >= 0.3 is 0 Å². The van der Waals surface area contributed by atoms with Crippen LogP contribution in [0.15, 0.2) is 47.6 Å². The van der Waals surface area contributed by atoms with E-state index in [1.165, 1.54) is 6.07 Å². The van der Waals surface area contributed by atoms with Crippen LogP contribution in [0.4, 0.5) is 5.69 Å². The second-order valence-electron chi connectivity index (χ2n) is 4.93. The Bertz CT molecular complexity index is 786. The fourth-order valence-electron chi connectivity index (χ4n) is 2.39. The molecule has 0 bridgehead atoms. The van der Waals surface area contributed by atoms with Crippen LogP contribution in [0.25, 0.3) is 0 Å². The Balaban J connectivity index is 1.92. The number of sulfone groups is 1. The number of nitrogens with one attached hydrogen (secondary N) is 1. The van der Waals surface area contributed by atoms with Crippen molar-refractivity contribution in [2.24, 2.45) is 0 Å². The van der Waals surface area contributed by atoms with Gasteiger partial charge in [0.05, 0.1) is 10.6 Å². The minimum Gasteiger partial charge on any atom is -0.322 e. The van der Waals surface area contributed by atoms with Crippen molar-refractivity contribution in [3.63, 3.8) is 0 Å². The molecule has 2 heterocycles. The average Bonchev–Trinajstić information content (AvgIpc) is 2.48. The fraction of sp³-hybridized carbons (Fsp3) is 0.200. The zero-order valence-electron chi connectivity index (χ0n) is 11.2. The quantitative estimate of drug-likeness (QED) is 0.921. The minimum atomic E-state index is -3.26. The SMILES string of the molecule is O=C(Nc1ccncc1)c1ccc2c(c1)S(=O)(=O)CCC2. The molecule has 1 N–H and O–H groups in total. The molecule has 2 aromatic rings. The van der Waals surface area contributed by atoms with Crippen molar-refractivity contribution in [1.29, 1.82) is 0 Å². The van der Waals surface area contributed by atoms with E-state index < -0.39 is 9.84 Å². The molecule has 0 radical (unpaired) electrons. The third-order valence-corrected chi connectivity index (χ3v) is 5.34. The van der Waals surface area contributed by atoms with Crippen molar-refractivity contribution >= 4 is 21.4 Å². The highest BCUT2D eigenvalue weighted by Crippen LogP contribution is 2.26. The van der Waals surface area contributed by atoms with Gasteiger partial charge in [0, 0.05) is 23.6 Å². The van der Waals surface area contributed by atoms with E-state index in [1.807, 2.05) is 0 Å². The van der Waals surface area contributed by atoms with Gasteiger partial charge in [-0.3, -0.25) is 9.78 Å². The van der Waals surface area contributed by atoms with Crippen molar-refractivity contribution in [2.45, 2.75) is 17.7 Å². The molecule has 5 nitrogen and oxygen atoms in total. The molecule has 108 valence electrons. The van der Waals surface area contributed by atoms with Gasteiger partial charge in [-0.1, -0.05) is 6.07 Å². The van der Waals surface area contributed by atoms with Crippen LogP contribution in [0.3, 0.4) is 0 Å². The molecule has 1 aromatic carbocycles. The number of hydrogen-bond donors (Lipinski definition) is 1. The molecule has 1 amide bonds. The molecule has 0 unspecified atom stereocenters. The largest absolute Gasteiger partial charge is 0.322 e. The van der Waals surface area contributed by atoms with Gasteiger partial charge in [0.1, 0.15) is 0 Å². The first-order valence-electron chi connectivity index (χ1n) is 6.63. The number of rotatable bonds is 2. The lowest BCUT2D eigenvalue weighted by molar-refractivity contribution is 0.102. The molecule has 3 rings (SSSR count). The monoisotopic (exact) mass is 302 g/mol. The van der Waals surface area contributed by atoms with Gasteiger partial charge < -0.3 is 5.32 Å². The van der Waals surface area contributed by atoms with E-state index in [0.717, 1.165) is 12.0 Å². The maximum absolute atomic E-state index is 12.2. The third-order valence-electron chi connectivity index (χ3n) is 3.46. The topological polar surface area (TPSA) is 76.1 Å². The molecule has 0 saturated heterocycles. The van der Waals surface area contributed by atoms with Crippen LogP contribution in [0.2, 0.25) is 0 Å². The highest BCUT2D eigenvalue weighted by atomic mass is 32.2. The van der Waals surface area contributed by atoms with Gasteiger partial charge in [-0.05, 0) is 42.7 Å². The minimum absolute atomic E-state index is 0.148. The number of pyridine rings is 1. The van der Waals surface area contributed by atoms with Crippen LogP contribution < -0.4 is 5.32 Å². The smallest absolute Gasteiger partial charge is 0.255 e. The molecule has 0 aliphatic carbocycles. The van der Waals surface area contributed by atoms with Crippen molar-refractivity contribution in [3.8, 4) is 0 Å². The summed E-state index contributed by atoms with van der Waals surface area (Å²) in [5.41, 5.74) is 1.76. The summed E-state index contributed by atoms with van der Waals surface area (Å²) in [6.45, 7) is 0. The molecule has 1 aliphatic heterocycles. The van der Waals surface area contributed by atoms with Crippen LogP contribution >= 0.6 is 0 Å². The Hall–Kier alpha value is -2.21. The van der Waals surface area contributed by atoms with Crippen LogP contribution in [0.1, 0.15) is 22.3 Å². The Morgan fingerprint density at radius 2 is 1.90 bits per heavy atom. The molecule has 0 fully saturated rings. The van der Waals surface area contributed by atoms with Gasteiger partial charge in [0.25, 0.3) is 5.91 Å². The lowest BCUT2D eigenvalue weighted by Gasteiger charge is -2.17. The lowest BCUT2D eigenvalue weighted by atomic mass is 10.1. The molecule has 21 heavy (non-hydrogen) atoms. The molecular formula is C15H14N2O3S. The first kappa shape index (κ1) is 13.8. The Kier molecular flexibility index (Phi) is 3.47. The van der Waals surface area contributed by atoms with Crippen molar-refractivity contribution in [1.82, 2.24) is 4.98 Å². The molecule has 0 saturated carbocycles. The number of benzene rings is 1. The molecule has 1 aromatic heterocycles. The Labute approximate surface area is 122 Å². The number of fused-ring (bicyclic) bond motifs is 1. The Morgan fingerprint density at radius 1 is 1.14 bits per heavy atom. The zero-order valence-corrected chi connectivity index (χ0v) is 12.1. The van der Waals surface area contributed by atoms with Crippen LogP contribution in [-0.2, 0) is 16.3 Å². The van der Waals surface area contributed by atoms with E-state index in [0.29, 0.717) is 17.7 Å². The van der Waals surface area contributed by atoms with E-state index in [-0.39, 0.29) is 16.6 Å². The predicted octanol–water partition coefficient (Wildman–Crippen LogP) is 2.05. The van der Waals surface area contributed by atoms with Crippen molar-refractivity contribution in [2.75, 3.05) is 11.1 Å². The molecule has 0 atom stereocenters. The van der Waals surface area contributed by atoms with Gasteiger partial charge in [-0.15, -0.1) is 0 Å². The summed E-state index contributed by atoms with van der Waals surface area (Å²) in [6, 6.07) is 8.21. The number of aromatic nitrogens is 1. The number of hydrogen-bond acceptors (Lipinski definition) is 4. The average molecular weight is 302 g/mol. The van der Waals surface area contributed by atoms with Crippen LogP contribution in [0, 0.1) is 0 Å². The predicted molar refractivity (Wildman–Crippen MR) is 79.0 cm³/mol. The van der Waals surface area contributed by atoms with Gasteiger partial charge in [-0.2, -0.15) is 0 Å². The first-order chi connectivity index (χ1) is 10.1. The number of amides is 1. The molecular weight excluding hydrogens is 288 g/mol. The number of anilines is 1. The summed E-state index contributed by atoms with van der Waals surface area (Å²) < 4.78 is 24.1. The van der Waals surface area contributed by atoms with E-state index in [1.54, 1.807) is 36.7 Å². The second-order valence-corrected chi connectivity index (χ2v) is 7.01. The fourth-order valence-corrected chi connectivity index (χ4v) is 4.01. The number of carbonyl (C=O) groups excluding carboxylic acids is 1. The van der Waals surface area contributed by atoms with Gasteiger partial charge in [0.2, 0.25) is 0 Å². The van der Waals surface area contributed by atoms with Gasteiger partial charge in [-0.25, -0.2) is 8.42 Å². The molecule has 0 spiro atoms. The zero-order chi connectivity index (χ0) is 14.9. The maximum Gasteiger partial charge on any atom is 0.255 e. The van der Waals surface area contributed by atoms with Crippen LogP contribution in [-0.4, -0.2) is 25.1 Å². The van der Waals surface area contributed by atoms with Crippen LogP contribution in [0.5, 0.6) is 0 Å². The molecule has 1 aliphatic rings. The highest BCUT2D eigenvalue weighted by Gasteiger charge is 2.24. The van der Waals surface area contributed by atoms with Gasteiger partial charge in [0.15, 0.2) is 9.84 Å². The highest BCUT2D eigenvalue weighted by molar-refractivity contribution is 7.91. The summed E-state index contributed by atoms with van der Waals surface area (Å²) in [5.74, 6) is -0.181. The number of aryl methyl sites for hydroxylation is 1. The normalized spacial score (nSPS) is 16.0. The van der Waals surface area contributed by atoms with E-state index >= 15 is 0 Å². The van der Waals surface area contributed by atoms with E-state index in [2.05, 4.69) is 10.3 Å². The summed E-state index contributed by atoms with van der Waals surface area (Å²) in [7, 11) is -3.26. The first-order valence-corrected chi connectivity index (χ1v) is 8.28. The number of nitrogens with zero attached hydrogens (tertiary/aromatic N) is 1. The maximum atomic E-state index is 12.2. The van der Waals surface area contributed by atoms with E-state index in [9.17, 15) is 13.2 Å². The summed E-state index contributed by atoms with van der Waals surface area (Å²) in [5, 5.41) is 2.72. The standard InChI is InChI=1S/C15H14N2O3S/c18-15(17-13-5-7-16-8-6-13)12-4-3-11-2-1-9-21(19,20)14(11)10-12/h3-8,10H,1-2,9H2,(H,16,17,18). The summed E-state index contributed by atoms with van der Waals surface area (Å²) >= 11 is 0. The third kappa shape index (κ3) is 2.80.